The molecule has 0 saturated carbocycles. The fourth-order valence-corrected chi connectivity index (χ4v) is 2.08. The predicted molar refractivity (Wildman–Crippen MR) is 70.3 cm³/mol. The Labute approximate surface area is 103 Å². The molecule has 0 aliphatic carbocycles. The molecule has 17 heavy (non-hydrogen) atoms. The lowest BCUT2D eigenvalue weighted by molar-refractivity contribution is 0.301. The molecule has 0 aliphatic rings. The number of aliphatic hydroxyl groups is 1. The first-order valence-electron chi connectivity index (χ1n) is 6.24. The SMILES string of the molecule is CCNCc1c(C)nn(C)c1N(CC)CCO. The minimum Gasteiger partial charge on any atom is -0.395 e. The van der Waals surface area contributed by atoms with E-state index in [0.717, 1.165) is 31.1 Å². The number of nitrogens with zero attached hydrogens (tertiary/aromatic N) is 3. The maximum atomic E-state index is 9.11. The van der Waals surface area contributed by atoms with E-state index in [9.17, 15) is 0 Å². The molecule has 5 nitrogen and oxygen atoms in total. The fraction of sp³-hybridized carbons (Fsp3) is 0.750. The molecule has 0 amide bonds. The minimum atomic E-state index is 0.165. The van der Waals surface area contributed by atoms with E-state index in [1.165, 1.54) is 5.56 Å². The van der Waals surface area contributed by atoms with Crippen LogP contribution in [0.15, 0.2) is 0 Å². The zero-order valence-corrected chi connectivity index (χ0v) is 11.3. The van der Waals surface area contributed by atoms with E-state index in [-0.39, 0.29) is 6.61 Å². The van der Waals surface area contributed by atoms with Gasteiger partial charge in [-0.1, -0.05) is 6.92 Å². The van der Waals surface area contributed by atoms with Gasteiger partial charge in [0.2, 0.25) is 0 Å². The number of hydrogen-bond donors (Lipinski definition) is 2. The number of hydrogen-bond acceptors (Lipinski definition) is 4. The van der Waals surface area contributed by atoms with Gasteiger partial charge < -0.3 is 15.3 Å². The van der Waals surface area contributed by atoms with Gasteiger partial charge in [0.25, 0.3) is 0 Å². The zero-order chi connectivity index (χ0) is 12.8. The predicted octanol–water partition coefficient (Wildman–Crippen LogP) is 0.657. The maximum absolute atomic E-state index is 9.11. The number of nitrogens with one attached hydrogen (secondary N) is 1. The Bertz CT molecular complexity index is 349. The largest absolute Gasteiger partial charge is 0.395 e. The van der Waals surface area contributed by atoms with Crippen LogP contribution in [0.2, 0.25) is 0 Å². The summed E-state index contributed by atoms with van der Waals surface area (Å²) in [6.45, 7) is 9.67. The highest BCUT2D eigenvalue weighted by molar-refractivity contribution is 5.50. The maximum Gasteiger partial charge on any atom is 0.131 e. The van der Waals surface area contributed by atoms with Crippen molar-refractivity contribution in [2.75, 3.05) is 31.1 Å². The number of aromatic nitrogens is 2. The van der Waals surface area contributed by atoms with Gasteiger partial charge in [0.15, 0.2) is 0 Å². The third-order valence-electron chi connectivity index (χ3n) is 2.92. The third-order valence-corrected chi connectivity index (χ3v) is 2.92. The number of rotatable bonds is 7. The van der Waals surface area contributed by atoms with E-state index in [1.807, 2.05) is 18.7 Å². The van der Waals surface area contributed by atoms with Gasteiger partial charge in [-0.15, -0.1) is 0 Å². The second kappa shape index (κ2) is 6.61. The van der Waals surface area contributed by atoms with Crippen molar-refractivity contribution in [3.8, 4) is 0 Å². The normalized spacial score (nSPS) is 10.9. The van der Waals surface area contributed by atoms with Crippen molar-refractivity contribution in [3.05, 3.63) is 11.3 Å². The van der Waals surface area contributed by atoms with Crippen LogP contribution in [-0.4, -0.2) is 41.1 Å². The van der Waals surface area contributed by atoms with Gasteiger partial charge in [0.05, 0.1) is 12.3 Å². The lowest BCUT2D eigenvalue weighted by Crippen LogP contribution is -2.29. The van der Waals surface area contributed by atoms with E-state index in [2.05, 4.69) is 29.2 Å². The molecule has 1 aromatic rings. The van der Waals surface area contributed by atoms with Crippen molar-refractivity contribution in [1.82, 2.24) is 15.1 Å². The molecule has 0 spiro atoms. The number of aliphatic hydroxyl groups excluding tert-OH is 1. The van der Waals surface area contributed by atoms with Crippen LogP contribution >= 0.6 is 0 Å². The third kappa shape index (κ3) is 3.20. The molecule has 0 unspecified atom stereocenters. The number of anilines is 1. The van der Waals surface area contributed by atoms with E-state index < -0.39 is 0 Å². The Hall–Kier alpha value is -1.07. The summed E-state index contributed by atoms with van der Waals surface area (Å²) in [7, 11) is 1.96. The highest BCUT2D eigenvalue weighted by Gasteiger charge is 2.17. The van der Waals surface area contributed by atoms with Crippen molar-refractivity contribution in [2.45, 2.75) is 27.3 Å². The van der Waals surface area contributed by atoms with Gasteiger partial charge in [-0.2, -0.15) is 5.10 Å². The standard InChI is InChI=1S/C12H24N4O/c1-5-13-9-11-10(3)14-15(4)12(11)16(6-2)7-8-17/h13,17H,5-9H2,1-4H3. The van der Waals surface area contributed by atoms with Crippen molar-refractivity contribution < 1.29 is 5.11 Å². The molecule has 2 N–H and O–H groups in total. The second-order valence-corrected chi connectivity index (χ2v) is 4.09. The summed E-state index contributed by atoms with van der Waals surface area (Å²) < 4.78 is 1.90. The molecule has 0 fully saturated rings. The monoisotopic (exact) mass is 240 g/mol. The smallest absolute Gasteiger partial charge is 0.131 e. The first-order chi connectivity index (χ1) is 8.15. The minimum absolute atomic E-state index is 0.165. The molecule has 1 heterocycles. The van der Waals surface area contributed by atoms with Crippen molar-refractivity contribution in [2.24, 2.45) is 7.05 Å². The zero-order valence-electron chi connectivity index (χ0n) is 11.3. The summed E-state index contributed by atoms with van der Waals surface area (Å²) in [5.41, 5.74) is 2.28. The first kappa shape index (κ1) is 14.0. The Morgan fingerprint density at radius 1 is 1.41 bits per heavy atom. The average Bonchev–Trinajstić information content (AvgIpc) is 2.58. The van der Waals surface area contributed by atoms with E-state index in [1.54, 1.807) is 0 Å². The van der Waals surface area contributed by atoms with Crippen LogP contribution in [0.1, 0.15) is 25.1 Å². The van der Waals surface area contributed by atoms with Crippen LogP contribution in [0.3, 0.4) is 0 Å². The summed E-state index contributed by atoms with van der Waals surface area (Å²) in [5.74, 6) is 1.11. The van der Waals surface area contributed by atoms with Crippen LogP contribution in [0, 0.1) is 6.92 Å². The molecule has 0 aromatic carbocycles. The molecule has 0 aliphatic heterocycles. The highest BCUT2D eigenvalue weighted by atomic mass is 16.3. The fourth-order valence-electron chi connectivity index (χ4n) is 2.08. The second-order valence-electron chi connectivity index (χ2n) is 4.09. The Morgan fingerprint density at radius 2 is 2.12 bits per heavy atom. The van der Waals surface area contributed by atoms with Crippen LogP contribution in [0.4, 0.5) is 5.82 Å². The van der Waals surface area contributed by atoms with Gasteiger partial charge in [-0.05, 0) is 20.4 Å². The Morgan fingerprint density at radius 3 is 2.65 bits per heavy atom. The van der Waals surface area contributed by atoms with Gasteiger partial charge in [-0.3, -0.25) is 4.68 Å². The van der Waals surface area contributed by atoms with Gasteiger partial charge >= 0.3 is 0 Å². The lowest BCUT2D eigenvalue weighted by Gasteiger charge is -2.23. The molecule has 0 saturated heterocycles. The molecule has 1 aromatic heterocycles. The molecule has 0 bridgehead atoms. The molecule has 0 radical (unpaired) electrons. The van der Waals surface area contributed by atoms with Gasteiger partial charge in [0.1, 0.15) is 5.82 Å². The number of likely N-dealkylation sites (N-methyl/N-ethyl adjacent to an activating group) is 1. The lowest BCUT2D eigenvalue weighted by atomic mass is 10.2. The topological polar surface area (TPSA) is 53.3 Å². The molecule has 98 valence electrons. The van der Waals surface area contributed by atoms with E-state index in [0.29, 0.717) is 6.54 Å². The van der Waals surface area contributed by atoms with E-state index >= 15 is 0 Å². The van der Waals surface area contributed by atoms with Gasteiger partial charge in [-0.25, -0.2) is 0 Å². The summed E-state index contributed by atoms with van der Waals surface area (Å²) >= 11 is 0. The Balaban J connectivity index is 3.01. The van der Waals surface area contributed by atoms with Gasteiger partial charge in [0, 0.05) is 32.2 Å². The van der Waals surface area contributed by atoms with Crippen molar-refractivity contribution >= 4 is 5.82 Å². The van der Waals surface area contributed by atoms with Crippen LogP contribution in [0.25, 0.3) is 0 Å². The summed E-state index contributed by atoms with van der Waals surface area (Å²) in [5, 5.41) is 16.9. The number of aryl methyl sites for hydroxylation is 2. The van der Waals surface area contributed by atoms with Crippen LogP contribution in [0.5, 0.6) is 0 Å². The van der Waals surface area contributed by atoms with Crippen molar-refractivity contribution in [1.29, 1.82) is 0 Å². The van der Waals surface area contributed by atoms with Crippen LogP contribution < -0.4 is 10.2 Å². The highest BCUT2D eigenvalue weighted by Crippen LogP contribution is 2.22. The molecule has 1 rings (SSSR count). The quantitative estimate of drug-likeness (QED) is 0.735. The first-order valence-corrected chi connectivity index (χ1v) is 6.24. The molecular formula is C12H24N4O. The summed E-state index contributed by atoms with van der Waals surface area (Å²) in [4.78, 5) is 2.16. The van der Waals surface area contributed by atoms with Crippen molar-refractivity contribution in [3.63, 3.8) is 0 Å². The molecule has 0 atom stereocenters. The Kier molecular flexibility index (Phi) is 5.44. The summed E-state index contributed by atoms with van der Waals surface area (Å²) in [6.07, 6.45) is 0. The van der Waals surface area contributed by atoms with Crippen LogP contribution in [-0.2, 0) is 13.6 Å². The average molecular weight is 240 g/mol. The molecule has 5 heteroatoms. The summed E-state index contributed by atoms with van der Waals surface area (Å²) in [6, 6.07) is 0. The molecular weight excluding hydrogens is 216 g/mol. The van der Waals surface area contributed by atoms with E-state index in [4.69, 9.17) is 5.11 Å².